The SMILES string of the molecule is CCN/C(=C\C(=O)O)C(F)(F)F. The van der Waals surface area contributed by atoms with Crippen LogP contribution in [0.4, 0.5) is 13.2 Å². The molecule has 0 fully saturated rings. The molecule has 0 heterocycles. The number of hydrogen-bond acceptors (Lipinski definition) is 2. The van der Waals surface area contributed by atoms with Crippen molar-refractivity contribution in [2.45, 2.75) is 13.1 Å². The second kappa shape index (κ2) is 3.99. The van der Waals surface area contributed by atoms with E-state index in [1.54, 1.807) is 0 Å². The third-order valence-electron chi connectivity index (χ3n) is 0.940. The number of carboxylic acids is 1. The van der Waals surface area contributed by atoms with E-state index in [2.05, 4.69) is 0 Å². The van der Waals surface area contributed by atoms with Gasteiger partial charge in [-0.15, -0.1) is 0 Å². The number of carbonyl (C=O) groups is 1. The lowest BCUT2D eigenvalue weighted by atomic mass is 10.4. The van der Waals surface area contributed by atoms with E-state index in [1.165, 1.54) is 6.92 Å². The molecule has 12 heavy (non-hydrogen) atoms. The van der Waals surface area contributed by atoms with Gasteiger partial charge in [-0.1, -0.05) is 0 Å². The summed E-state index contributed by atoms with van der Waals surface area (Å²) in [5.41, 5.74) is -1.24. The standard InChI is InChI=1S/C6H8F3NO2/c1-2-10-4(3-5(11)12)6(7,8)9/h3,10H,2H2,1H3,(H,11,12)/b4-3-. The first-order valence-corrected chi connectivity index (χ1v) is 3.13. The lowest BCUT2D eigenvalue weighted by Gasteiger charge is -2.11. The van der Waals surface area contributed by atoms with E-state index in [4.69, 9.17) is 5.11 Å². The van der Waals surface area contributed by atoms with Gasteiger partial charge in [-0.3, -0.25) is 0 Å². The fourth-order valence-electron chi connectivity index (χ4n) is 0.547. The van der Waals surface area contributed by atoms with Crippen LogP contribution in [0.1, 0.15) is 6.92 Å². The first-order valence-electron chi connectivity index (χ1n) is 3.13. The topological polar surface area (TPSA) is 49.3 Å². The number of nitrogens with one attached hydrogen (secondary N) is 1. The van der Waals surface area contributed by atoms with Gasteiger partial charge in [0, 0.05) is 6.54 Å². The van der Waals surface area contributed by atoms with Crippen LogP contribution in [0.5, 0.6) is 0 Å². The Kier molecular flexibility index (Phi) is 3.59. The molecule has 6 heteroatoms. The maximum atomic E-state index is 11.9. The van der Waals surface area contributed by atoms with E-state index in [-0.39, 0.29) is 12.6 Å². The molecule has 0 atom stereocenters. The molecular formula is C6H8F3NO2. The molecule has 0 aromatic heterocycles. The van der Waals surface area contributed by atoms with E-state index >= 15 is 0 Å². The van der Waals surface area contributed by atoms with Gasteiger partial charge in [-0.25, -0.2) is 4.79 Å². The Balaban J connectivity index is 4.55. The second-order valence-electron chi connectivity index (χ2n) is 1.92. The molecule has 0 saturated carbocycles. The Bertz CT molecular complexity index is 197. The summed E-state index contributed by atoms with van der Waals surface area (Å²) in [6, 6.07) is 0. The molecule has 0 bridgehead atoms. The zero-order valence-corrected chi connectivity index (χ0v) is 6.27. The average molecular weight is 183 g/mol. The van der Waals surface area contributed by atoms with Crippen LogP contribution in [0.15, 0.2) is 11.8 Å². The van der Waals surface area contributed by atoms with Crippen LogP contribution in [0, 0.1) is 0 Å². The minimum absolute atomic E-state index is 0.0264. The molecule has 0 aromatic rings. The van der Waals surface area contributed by atoms with Gasteiger partial charge in [-0.05, 0) is 6.92 Å². The molecule has 0 aliphatic rings. The zero-order valence-electron chi connectivity index (χ0n) is 6.27. The fraction of sp³-hybridized carbons (Fsp3) is 0.500. The highest BCUT2D eigenvalue weighted by Gasteiger charge is 2.33. The lowest BCUT2D eigenvalue weighted by Crippen LogP contribution is -2.26. The highest BCUT2D eigenvalue weighted by molar-refractivity contribution is 5.80. The van der Waals surface area contributed by atoms with E-state index in [0.29, 0.717) is 0 Å². The molecule has 0 amide bonds. The maximum Gasteiger partial charge on any atom is 0.431 e. The molecular weight excluding hydrogens is 175 g/mol. The number of alkyl halides is 3. The summed E-state index contributed by atoms with van der Waals surface area (Å²) >= 11 is 0. The van der Waals surface area contributed by atoms with Crippen molar-refractivity contribution < 1.29 is 23.1 Å². The molecule has 0 unspecified atom stereocenters. The molecule has 0 aliphatic heterocycles. The number of hydrogen-bond donors (Lipinski definition) is 2. The van der Waals surface area contributed by atoms with E-state index in [1.807, 2.05) is 5.32 Å². The molecule has 0 spiro atoms. The predicted octanol–water partition coefficient (Wildman–Crippen LogP) is 1.13. The van der Waals surface area contributed by atoms with Crippen molar-refractivity contribution in [3.63, 3.8) is 0 Å². The van der Waals surface area contributed by atoms with Crippen molar-refractivity contribution >= 4 is 5.97 Å². The number of rotatable bonds is 3. The van der Waals surface area contributed by atoms with Crippen LogP contribution < -0.4 is 5.32 Å². The quantitative estimate of drug-likeness (QED) is 0.645. The summed E-state index contributed by atoms with van der Waals surface area (Å²) in [6.07, 6.45) is -4.53. The first-order chi connectivity index (χ1) is 5.38. The smallest absolute Gasteiger partial charge is 0.431 e. The highest BCUT2D eigenvalue weighted by Crippen LogP contribution is 2.22. The van der Waals surface area contributed by atoms with Gasteiger partial charge in [0.1, 0.15) is 5.70 Å². The third-order valence-corrected chi connectivity index (χ3v) is 0.940. The van der Waals surface area contributed by atoms with Crippen molar-refractivity contribution in [2.75, 3.05) is 6.54 Å². The summed E-state index contributed by atoms with van der Waals surface area (Å²) < 4.78 is 35.6. The van der Waals surface area contributed by atoms with E-state index < -0.39 is 17.8 Å². The molecule has 0 aromatic carbocycles. The Morgan fingerprint density at radius 2 is 2.08 bits per heavy atom. The van der Waals surface area contributed by atoms with Crippen LogP contribution in [0.3, 0.4) is 0 Å². The molecule has 0 aliphatic carbocycles. The predicted molar refractivity (Wildman–Crippen MR) is 35.5 cm³/mol. The van der Waals surface area contributed by atoms with Crippen LogP contribution in [-0.4, -0.2) is 23.8 Å². The van der Waals surface area contributed by atoms with Gasteiger partial charge in [0.05, 0.1) is 6.08 Å². The van der Waals surface area contributed by atoms with Crippen molar-refractivity contribution in [1.82, 2.24) is 5.32 Å². The molecule has 3 nitrogen and oxygen atoms in total. The number of halogens is 3. The minimum Gasteiger partial charge on any atom is -0.478 e. The molecule has 2 N–H and O–H groups in total. The number of aliphatic carboxylic acids is 1. The van der Waals surface area contributed by atoms with Gasteiger partial charge < -0.3 is 10.4 Å². The molecule has 0 saturated heterocycles. The van der Waals surface area contributed by atoms with Crippen molar-refractivity contribution in [3.05, 3.63) is 11.8 Å². The zero-order chi connectivity index (χ0) is 9.78. The monoisotopic (exact) mass is 183 g/mol. The number of carboxylic acid groups (broad SMARTS) is 1. The maximum absolute atomic E-state index is 11.9. The summed E-state index contributed by atoms with van der Waals surface area (Å²) in [5, 5.41) is 9.97. The summed E-state index contributed by atoms with van der Waals surface area (Å²) in [5.74, 6) is -1.62. The van der Waals surface area contributed by atoms with Gasteiger partial charge in [0.25, 0.3) is 0 Å². The Morgan fingerprint density at radius 3 is 2.33 bits per heavy atom. The average Bonchev–Trinajstić information content (AvgIpc) is 1.83. The van der Waals surface area contributed by atoms with Gasteiger partial charge in [-0.2, -0.15) is 13.2 Å². The van der Waals surface area contributed by atoms with Crippen LogP contribution in [0.2, 0.25) is 0 Å². The van der Waals surface area contributed by atoms with Crippen LogP contribution in [0.25, 0.3) is 0 Å². The van der Waals surface area contributed by atoms with Gasteiger partial charge in [0.15, 0.2) is 0 Å². The Hall–Kier alpha value is -1.20. The van der Waals surface area contributed by atoms with Crippen molar-refractivity contribution in [2.24, 2.45) is 0 Å². The Morgan fingerprint density at radius 1 is 1.58 bits per heavy atom. The normalized spacial score (nSPS) is 12.8. The molecule has 0 rings (SSSR count). The first kappa shape index (κ1) is 10.8. The van der Waals surface area contributed by atoms with Gasteiger partial charge >= 0.3 is 12.1 Å². The van der Waals surface area contributed by atoms with Crippen molar-refractivity contribution in [1.29, 1.82) is 0 Å². The molecule has 0 radical (unpaired) electrons. The van der Waals surface area contributed by atoms with Gasteiger partial charge in [0.2, 0.25) is 0 Å². The minimum atomic E-state index is -4.63. The summed E-state index contributed by atoms with van der Waals surface area (Å²) in [6.45, 7) is 1.47. The Labute approximate surface area is 66.9 Å². The third kappa shape index (κ3) is 3.85. The number of allylic oxidation sites excluding steroid dienone is 1. The lowest BCUT2D eigenvalue weighted by molar-refractivity contribution is -0.132. The fourth-order valence-corrected chi connectivity index (χ4v) is 0.547. The second-order valence-corrected chi connectivity index (χ2v) is 1.92. The molecule has 70 valence electrons. The van der Waals surface area contributed by atoms with Crippen LogP contribution >= 0.6 is 0 Å². The largest absolute Gasteiger partial charge is 0.478 e. The summed E-state index contributed by atoms with van der Waals surface area (Å²) in [4.78, 5) is 9.91. The van der Waals surface area contributed by atoms with E-state index in [9.17, 15) is 18.0 Å². The highest BCUT2D eigenvalue weighted by atomic mass is 19.4. The van der Waals surface area contributed by atoms with Crippen molar-refractivity contribution in [3.8, 4) is 0 Å². The van der Waals surface area contributed by atoms with Crippen LogP contribution in [-0.2, 0) is 4.79 Å². The summed E-state index contributed by atoms with van der Waals surface area (Å²) in [7, 11) is 0. The van der Waals surface area contributed by atoms with E-state index in [0.717, 1.165) is 0 Å².